The number of carbonyl (C=O) groups excluding carboxylic acids is 1. The maximum atomic E-state index is 12.4. The summed E-state index contributed by atoms with van der Waals surface area (Å²) in [6, 6.07) is 8.98. The summed E-state index contributed by atoms with van der Waals surface area (Å²) in [5.74, 6) is 0.289. The van der Waals surface area contributed by atoms with Crippen molar-refractivity contribution in [1.82, 2.24) is 14.9 Å². The lowest BCUT2D eigenvalue weighted by molar-refractivity contribution is 0.0787. The highest BCUT2D eigenvalue weighted by molar-refractivity contribution is 6.30. The number of hydrogen-bond acceptors (Lipinski definition) is 4. The number of anilines is 2. The molecule has 5 nitrogen and oxygen atoms in total. The molecule has 0 aliphatic carbocycles. The molecule has 0 radical (unpaired) electrons. The topological polar surface area (TPSA) is 58.1 Å². The number of benzene rings is 1. The number of rotatable bonds is 6. The van der Waals surface area contributed by atoms with Crippen molar-refractivity contribution < 1.29 is 4.79 Å². The summed E-state index contributed by atoms with van der Waals surface area (Å²) in [7, 11) is 1.79. The average molecular weight is 333 g/mol. The fourth-order valence-corrected chi connectivity index (χ4v) is 2.31. The van der Waals surface area contributed by atoms with E-state index in [1.165, 1.54) is 0 Å². The summed E-state index contributed by atoms with van der Waals surface area (Å²) in [6.45, 7) is 4.66. The largest absolute Gasteiger partial charge is 0.340 e. The van der Waals surface area contributed by atoms with Gasteiger partial charge in [0, 0.05) is 30.0 Å². The SMILES string of the molecule is CCCCN(C)C(=O)c1cc(C)nc(Nc2cccc(Cl)c2)n1. The Kier molecular flexibility index (Phi) is 5.93. The summed E-state index contributed by atoms with van der Waals surface area (Å²) in [6.07, 6.45) is 2.02. The second kappa shape index (κ2) is 7.92. The van der Waals surface area contributed by atoms with E-state index in [0.29, 0.717) is 16.7 Å². The molecule has 0 aliphatic heterocycles. The first-order chi connectivity index (χ1) is 11.0. The van der Waals surface area contributed by atoms with Gasteiger partial charge in [-0.05, 0) is 37.6 Å². The lowest BCUT2D eigenvalue weighted by atomic mass is 10.2. The Bertz CT molecular complexity index is 690. The zero-order chi connectivity index (χ0) is 16.8. The molecule has 0 unspecified atom stereocenters. The Morgan fingerprint density at radius 2 is 2.09 bits per heavy atom. The van der Waals surface area contributed by atoms with Crippen LogP contribution in [0.1, 0.15) is 35.9 Å². The van der Waals surface area contributed by atoms with Gasteiger partial charge in [-0.2, -0.15) is 0 Å². The molecule has 0 aliphatic rings. The monoisotopic (exact) mass is 332 g/mol. The van der Waals surface area contributed by atoms with E-state index in [0.717, 1.165) is 30.8 Å². The minimum Gasteiger partial charge on any atom is -0.340 e. The van der Waals surface area contributed by atoms with Crippen LogP contribution in [0, 0.1) is 6.92 Å². The van der Waals surface area contributed by atoms with Crippen LogP contribution in [0.2, 0.25) is 5.02 Å². The third-order valence-corrected chi connectivity index (χ3v) is 3.58. The van der Waals surface area contributed by atoms with Gasteiger partial charge in [-0.3, -0.25) is 4.79 Å². The van der Waals surface area contributed by atoms with Gasteiger partial charge in [0.25, 0.3) is 5.91 Å². The Labute approximate surface area is 141 Å². The van der Waals surface area contributed by atoms with Crippen LogP contribution in [-0.2, 0) is 0 Å². The van der Waals surface area contributed by atoms with Crippen molar-refractivity contribution in [3.8, 4) is 0 Å². The van der Waals surface area contributed by atoms with E-state index >= 15 is 0 Å². The van der Waals surface area contributed by atoms with Crippen LogP contribution < -0.4 is 5.32 Å². The lowest BCUT2D eigenvalue weighted by Gasteiger charge is -2.17. The Balaban J connectivity index is 2.20. The fourth-order valence-electron chi connectivity index (χ4n) is 2.12. The quantitative estimate of drug-likeness (QED) is 0.866. The molecule has 2 rings (SSSR count). The standard InChI is InChI=1S/C17H21ClN4O/c1-4-5-9-22(3)16(23)15-10-12(2)19-17(21-15)20-14-8-6-7-13(18)11-14/h6-8,10-11H,4-5,9H2,1-3H3,(H,19,20,21). The lowest BCUT2D eigenvalue weighted by Crippen LogP contribution is -2.28. The van der Waals surface area contributed by atoms with Gasteiger partial charge in [0.05, 0.1) is 0 Å². The third kappa shape index (κ3) is 4.93. The first kappa shape index (κ1) is 17.2. The molecule has 0 atom stereocenters. The second-order valence-corrected chi connectivity index (χ2v) is 5.87. The van der Waals surface area contributed by atoms with E-state index in [1.54, 1.807) is 30.1 Å². The van der Waals surface area contributed by atoms with Crippen molar-refractivity contribution in [2.24, 2.45) is 0 Å². The van der Waals surface area contributed by atoms with Gasteiger partial charge in [-0.15, -0.1) is 0 Å². The van der Waals surface area contributed by atoms with E-state index in [4.69, 9.17) is 11.6 Å². The van der Waals surface area contributed by atoms with E-state index < -0.39 is 0 Å². The molecule has 1 aromatic heterocycles. The summed E-state index contributed by atoms with van der Waals surface area (Å²) in [4.78, 5) is 22.8. The number of halogens is 1. The minimum absolute atomic E-state index is 0.0990. The van der Waals surface area contributed by atoms with Gasteiger partial charge < -0.3 is 10.2 Å². The molecular weight excluding hydrogens is 312 g/mol. The summed E-state index contributed by atoms with van der Waals surface area (Å²) in [5.41, 5.74) is 1.90. The first-order valence-corrected chi connectivity index (χ1v) is 8.01. The average Bonchev–Trinajstić information content (AvgIpc) is 2.51. The number of carbonyl (C=O) groups is 1. The molecule has 1 aromatic carbocycles. The molecule has 6 heteroatoms. The molecule has 1 heterocycles. The normalized spacial score (nSPS) is 10.4. The zero-order valence-corrected chi connectivity index (χ0v) is 14.4. The molecule has 122 valence electrons. The van der Waals surface area contributed by atoms with Crippen LogP contribution in [0.5, 0.6) is 0 Å². The maximum absolute atomic E-state index is 12.4. The van der Waals surface area contributed by atoms with Crippen molar-refractivity contribution in [2.75, 3.05) is 18.9 Å². The molecule has 0 bridgehead atoms. The molecule has 0 fully saturated rings. The van der Waals surface area contributed by atoms with Crippen molar-refractivity contribution in [2.45, 2.75) is 26.7 Å². The van der Waals surface area contributed by atoms with Crippen LogP contribution in [0.25, 0.3) is 0 Å². The number of hydrogen-bond donors (Lipinski definition) is 1. The van der Waals surface area contributed by atoms with E-state index in [1.807, 2.05) is 19.1 Å². The number of aromatic nitrogens is 2. The van der Waals surface area contributed by atoms with Crippen LogP contribution in [-0.4, -0.2) is 34.4 Å². The van der Waals surface area contributed by atoms with Crippen molar-refractivity contribution in [3.63, 3.8) is 0 Å². The van der Waals surface area contributed by atoms with Crippen LogP contribution in [0.4, 0.5) is 11.6 Å². The van der Waals surface area contributed by atoms with E-state index in [-0.39, 0.29) is 5.91 Å². The smallest absolute Gasteiger partial charge is 0.272 e. The molecular formula is C17H21ClN4O. The zero-order valence-electron chi connectivity index (χ0n) is 13.6. The van der Waals surface area contributed by atoms with Crippen LogP contribution >= 0.6 is 11.6 Å². The summed E-state index contributed by atoms with van der Waals surface area (Å²) >= 11 is 5.97. The van der Waals surface area contributed by atoms with E-state index in [2.05, 4.69) is 22.2 Å². The number of amides is 1. The predicted molar refractivity (Wildman–Crippen MR) is 93.4 cm³/mol. The highest BCUT2D eigenvalue weighted by atomic mass is 35.5. The number of unbranched alkanes of at least 4 members (excludes halogenated alkanes) is 1. The molecule has 0 spiro atoms. The van der Waals surface area contributed by atoms with Crippen molar-refractivity contribution in [1.29, 1.82) is 0 Å². The number of nitrogens with one attached hydrogen (secondary N) is 1. The highest BCUT2D eigenvalue weighted by Gasteiger charge is 2.15. The first-order valence-electron chi connectivity index (χ1n) is 7.63. The van der Waals surface area contributed by atoms with Gasteiger partial charge in [-0.25, -0.2) is 9.97 Å². The van der Waals surface area contributed by atoms with Crippen LogP contribution in [0.15, 0.2) is 30.3 Å². The molecule has 0 saturated carbocycles. The number of nitrogens with zero attached hydrogens (tertiary/aromatic N) is 3. The van der Waals surface area contributed by atoms with Gasteiger partial charge >= 0.3 is 0 Å². The molecule has 2 aromatic rings. The molecule has 1 amide bonds. The van der Waals surface area contributed by atoms with Gasteiger partial charge in [0.15, 0.2) is 0 Å². The minimum atomic E-state index is -0.0990. The highest BCUT2D eigenvalue weighted by Crippen LogP contribution is 2.18. The van der Waals surface area contributed by atoms with Gasteiger partial charge in [0.1, 0.15) is 5.69 Å². The number of aryl methyl sites for hydroxylation is 1. The molecule has 0 saturated heterocycles. The van der Waals surface area contributed by atoms with Gasteiger partial charge in [0.2, 0.25) is 5.95 Å². The second-order valence-electron chi connectivity index (χ2n) is 5.43. The molecule has 1 N–H and O–H groups in total. The molecule has 23 heavy (non-hydrogen) atoms. The van der Waals surface area contributed by atoms with Crippen molar-refractivity contribution in [3.05, 3.63) is 46.7 Å². The summed E-state index contributed by atoms with van der Waals surface area (Å²) in [5, 5.41) is 3.71. The fraction of sp³-hybridized carbons (Fsp3) is 0.353. The summed E-state index contributed by atoms with van der Waals surface area (Å²) < 4.78 is 0. The van der Waals surface area contributed by atoms with Gasteiger partial charge in [-0.1, -0.05) is 31.0 Å². The Morgan fingerprint density at radius 3 is 2.78 bits per heavy atom. The van der Waals surface area contributed by atoms with E-state index in [9.17, 15) is 4.79 Å². The predicted octanol–water partition coefficient (Wildman–Crippen LogP) is 4.05. The third-order valence-electron chi connectivity index (χ3n) is 3.35. The Hall–Kier alpha value is -2.14. The van der Waals surface area contributed by atoms with Crippen LogP contribution in [0.3, 0.4) is 0 Å². The maximum Gasteiger partial charge on any atom is 0.272 e. The Morgan fingerprint density at radius 1 is 1.30 bits per heavy atom. The van der Waals surface area contributed by atoms with Crippen molar-refractivity contribution >= 4 is 29.1 Å².